The minimum Gasteiger partial charge on any atom is -0.322 e. The van der Waals surface area contributed by atoms with Gasteiger partial charge in [0, 0.05) is 13.0 Å². The van der Waals surface area contributed by atoms with E-state index in [1.165, 1.54) is 24.5 Å². The Bertz CT molecular complexity index is 1110. The summed E-state index contributed by atoms with van der Waals surface area (Å²) in [7, 11) is 0. The molecule has 0 unspecified atom stereocenters. The van der Waals surface area contributed by atoms with Gasteiger partial charge in [-0.1, -0.05) is 17.7 Å². The molecule has 0 saturated carbocycles. The number of hydrogen-bond donors (Lipinski definition) is 1. The quantitative estimate of drug-likeness (QED) is 0.673. The second-order valence-corrected chi connectivity index (χ2v) is 5.89. The highest BCUT2D eigenvalue weighted by molar-refractivity contribution is 6.46. The molecule has 0 bridgehead atoms. The van der Waals surface area contributed by atoms with Crippen molar-refractivity contribution in [2.24, 2.45) is 0 Å². The zero-order chi connectivity index (χ0) is 16.4. The molecule has 0 saturated heterocycles. The van der Waals surface area contributed by atoms with Crippen molar-refractivity contribution in [3.8, 4) is 11.4 Å². The lowest BCUT2D eigenvalue weighted by Gasteiger charge is -2.06. The SMILES string of the molecule is Fc1cccc(F)c1-c1nc2c3n1CCC=3n1ncnc1NC=2Cl. The van der Waals surface area contributed by atoms with Gasteiger partial charge in [0.1, 0.15) is 34.3 Å². The van der Waals surface area contributed by atoms with Gasteiger partial charge in [0.15, 0.2) is 0 Å². The summed E-state index contributed by atoms with van der Waals surface area (Å²) in [6.45, 7) is 0.532. The van der Waals surface area contributed by atoms with Crippen LogP contribution in [-0.4, -0.2) is 24.3 Å². The molecular weight excluding hydrogens is 338 g/mol. The molecule has 0 spiro atoms. The molecule has 24 heavy (non-hydrogen) atoms. The van der Waals surface area contributed by atoms with E-state index in [1.54, 1.807) is 9.25 Å². The molecular formula is C15H9ClF2N6. The summed E-state index contributed by atoms with van der Waals surface area (Å²) < 4.78 is 31.8. The van der Waals surface area contributed by atoms with Crippen LogP contribution in [0.2, 0.25) is 0 Å². The highest BCUT2D eigenvalue weighted by atomic mass is 35.5. The fourth-order valence-electron chi connectivity index (χ4n) is 3.24. The number of benzene rings is 1. The van der Waals surface area contributed by atoms with Crippen molar-refractivity contribution < 1.29 is 8.78 Å². The van der Waals surface area contributed by atoms with Crippen LogP contribution in [0.1, 0.15) is 6.42 Å². The summed E-state index contributed by atoms with van der Waals surface area (Å²) in [4.78, 5) is 8.53. The van der Waals surface area contributed by atoms with Crippen LogP contribution in [0.4, 0.5) is 14.7 Å². The Hall–Kier alpha value is -2.74. The third-order valence-electron chi connectivity index (χ3n) is 4.23. The summed E-state index contributed by atoms with van der Waals surface area (Å²) in [6, 6.07) is 3.75. The number of fused-ring (bicyclic) bond motifs is 2. The van der Waals surface area contributed by atoms with E-state index in [1.807, 2.05) is 0 Å². The first-order valence-corrected chi connectivity index (χ1v) is 7.64. The van der Waals surface area contributed by atoms with Gasteiger partial charge in [0.2, 0.25) is 5.95 Å². The van der Waals surface area contributed by atoms with Gasteiger partial charge in [0.25, 0.3) is 0 Å². The van der Waals surface area contributed by atoms with Crippen LogP contribution in [0, 0.1) is 11.6 Å². The van der Waals surface area contributed by atoms with Crippen molar-refractivity contribution in [1.29, 1.82) is 0 Å². The molecule has 3 aromatic rings. The van der Waals surface area contributed by atoms with Crippen LogP contribution < -0.4 is 16.0 Å². The van der Waals surface area contributed by atoms with Gasteiger partial charge in [-0.25, -0.2) is 18.4 Å². The summed E-state index contributed by atoms with van der Waals surface area (Å²) in [5.41, 5.74) is 0.686. The van der Waals surface area contributed by atoms with Crippen molar-refractivity contribution in [3.63, 3.8) is 0 Å². The zero-order valence-electron chi connectivity index (χ0n) is 12.1. The number of imidazole rings is 1. The van der Waals surface area contributed by atoms with Crippen LogP contribution in [0.5, 0.6) is 0 Å². The lowest BCUT2D eigenvalue weighted by molar-refractivity contribution is 0.583. The van der Waals surface area contributed by atoms with Crippen LogP contribution in [0.3, 0.4) is 0 Å². The first-order chi connectivity index (χ1) is 11.6. The standard InChI is InChI=1S/C15H9ClF2N6/c16-13-11-12-9(24-15(22-13)19-6-20-24)4-5-23(12)14(21-11)10-7(17)2-1-3-8(10)18/h1-3,6H,4-5H2,(H,19,20,22). The van der Waals surface area contributed by atoms with E-state index in [0.717, 1.165) is 5.70 Å². The molecule has 0 fully saturated rings. The van der Waals surface area contributed by atoms with Gasteiger partial charge in [-0.05, 0) is 12.1 Å². The Balaban J connectivity index is 1.92. The van der Waals surface area contributed by atoms with Crippen molar-refractivity contribution in [3.05, 3.63) is 46.9 Å². The second-order valence-electron chi connectivity index (χ2n) is 5.51. The smallest absolute Gasteiger partial charge is 0.231 e. The molecule has 2 aliphatic heterocycles. The minimum absolute atomic E-state index is 0.157. The first kappa shape index (κ1) is 13.7. The topological polar surface area (TPSA) is 60.6 Å². The van der Waals surface area contributed by atoms with Crippen LogP contribution >= 0.6 is 11.6 Å². The van der Waals surface area contributed by atoms with E-state index >= 15 is 0 Å². The van der Waals surface area contributed by atoms with Crippen LogP contribution in [0.25, 0.3) is 22.2 Å². The predicted octanol–water partition coefficient (Wildman–Crippen LogP) is 1.21. The van der Waals surface area contributed by atoms with Crippen LogP contribution in [0.15, 0.2) is 24.5 Å². The van der Waals surface area contributed by atoms with E-state index in [0.29, 0.717) is 29.6 Å². The summed E-state index contributed by atoms with van der Waals surface area (Å²) in [5, 5.41) is 8.51. The van der Waals surface area contributed by atoms with Gasteiger partial charge in [-0.15, -0.1) is 0 Å². The molecule has 120 valence electrons. The molecule has 6 nitrogen and oxygen atoms in total. The number of rotatable bonds is 1. The highest BCUT2D eigenvalue weighted by Crippen LogP contribution is 2.27. The van der Waals surface area contributed by atoms with Crippen molar-refractivity contribution >= 4 is 28.4 Å². The Morgan fingerprint density at radius 2 is 2.00 bits per heavy atom. The second kappa shape index (κ2) is 4.64. The van der Waals surface area contributed by atoms with E-state index in [9.17, 15) is 8.78 Å². The van der Waals surface area contributed by atoms with Gasteiger partial charge < -0.3 is 9.88 Å². The zero-order valence-corrected chi connectivity index (χ0v) is 12.8. The van der Waals surface area contributed by atoms with E-state index in [4.69, 9.17) is 11.6 Å². The fraction of sp³-hybridized carbons (Fsp3) is 0.133. The third-order valence-corrected chi connectivity index (χ3v) is 4.51. The molecule has 0 amide bonds. The normalized spacial score (nSPS) is 15.1. The maximum absolute atomic E-state index is 14.2. The highest BCUT2D eigenvalue weighted by Gasteiger charge is 2.28. The lowest BCUT2D eigenvalue weighted by atomic mass is 10.2. The number of nitrogens with zero attached hydrogens (tertiary/aromatic N) is 5. The molecule has 1 aromatic carbocycles. The average Bonchev–Trinajstić information content (AvgIpc) is 3.22. The summed E-state index contributed by atoms with van der Waals surface area (Å²) in [5.74, 6) is -0.620. The Morgan fingerprint density at radius 1 is 1.21 bits per heavy atom. The number of nitrogens with one attached hydrogen (secondary N) is 1. The largest absolute Gasteiger partial charge is 0.322 e. The Morgan fingerprint density at radius 3 is 2.79 bits per heavy atom. The molecule has 4 heterocycles. The summed E-state index contributed by atoms with van der Waals surface area (Å²) >= 11 is 6.33. The van der Waals surface area contributed by atoms with Crippen molar-refractivity contribution in [1.82, 2.24) is 24.3 Å². The van der Waals surface area contributed by atoms with Crippen molar-refractivity contribution in [2.45, 2.75) is 13.0 Å². The molecule has 2 aromatic heterocycles. The molecule has 0 aliphatic carbocycles. The lowest BCUT2D eigenvalue weighted by Crippen LogP contribution is -2.31. The average molecular weight is 347 g/mol. The molecule has 0 atom stereocenters. The maximum Gasteiger partial charge on any atom is 0.231 e. The van der Waals surface area contributed by atoms with Gasteiger partial charge >= 0.3 is 0 Å². The van der Waals surface area contributed by atoms with Gasteiger partial charge in [-0.2, -0.15) is 10.1 Å². The summed E-state index contributed by atoms with van der Waals surface area (Å²) in [6.07, 6.45) is 2.05. The number of aromatic nitrogens is 5. The molecule has 2 aliphatic rings. The Kier molecular flexibility index (Phi) is 2.64. The molecule has 5 rings (SSSR count). The number of hydrogen-bond acceptors (Lipinski definition) is 4. The van der Waals surface area contributed by atoms with Gasteiger partial charge in [0.05, 0.1) is 16.6 Å². The third kappa shape index (κ3) is 1.66. The maximum atomic E-state index is 14.2. The molecule has 0 radical (unpaired) electrons. The van der Waals surface area contributed by atoms with E-state index in [-0.39, 0.29) is 16.5 Å². The Labute approximate surface area is 138 Å². The number of anilines is 1. The van der Waals surface area contributed by atoms with Crippen molar-refractivity contribution in [2.75, 3.05) is 5.32 Å². The monoisotopic (exact) mass is 346 g/mol. The van der Waals surface area contributed by atoms with Crippen LogP contribution in [-0.2, 0) is 6.54 Å². The molecule has 1 N–H and O–H groups in total. The minimum atomic E-state index is -0.662. The van der Waals surface area contributed by atoms with E-state index < -0.39 is 11.6 Å². The first-order valence-electron chi connectivity index (χ1n) is 7.26. The van der Waals surface area contributed by atoms with Gasteiger partial charge in [-0.3, -0.25) is 0 Å². The molecule has 9 heteroatoms. The number of halogens is 3. The fourth-order valence-corrected chi connectivity index (χ4v) is 3.46. The predicted molar refractivity (Wildman–Crippen MR) is 83.2 cm³/mol. The van der Waals surface area contributed by atoms with E-state index in [2.05, 4.69) is 20.4 Å².